The highest BCUT2D eigenvalue weighted by Gasteiger charge is 2.28. The number of carboxylic acids is 1. The van der Waals surface area contributed by atoms with Crippen molar-refractivity contribution >= 4 is 23.4 Å². The molecule has 2 rings (SSSR count). The average molecular weight is 311 g/mol. The molecule has 0 fully saturated rings. The molecule has 1 heterocycles. The first kappa shape index (κ1) is 15.8. The minimum atomic E-state index is -0.872. The van der Waals surface area contributed by atoms with E-state index in [4.69, 9.17) is 4.74 Å². The summed E-state index contributed by atoms with van der Waals surface area (Å²) in [5.41, 5.74) is 1.39. The van der Waals surface area contributed by atoms with Gasteiger partial charge in [-0.1, -0.05) is 0 Å². The first-order chi connectivity index (χ1) is 9.67. The zero-order chi connectivity index (χ0) is 15.8. The van der Waals surface area contributed by atoms with Crippen molar-refractivity contribution in [3.63, 3.8) is 0 Å². The largest absolute Gasteiger partial charge is 0.477 e. The summed E-state index contributed by atoms with van der Waals surface area (Å²) in [6, 6.07) is 0.00212. The molecule has 1 atom stereocenters. The summed E-state index contributed by atoms with van der Waals surface area (Å²) in [6.07, 6.45) is 1.87. The van der Waals surface area contributed by atoms with E-state index >= 15 is 0 Å². The standard InChI is InChI=1S/C15H21NO4S/c1-8-10-7-9(16-14(19)20-15(2,3)4)5-6-11(10)21-12(8)13(17)18/h9H,5-7H2,1-4H3,(H,16,19)(H,17,18). The van der Waals surface area contributed by atoms with E-state index in [-0.39, 0.29) is 6.04 Å². The van der Waals surface area contributed by atoms with E-state index in [1.807, 2.05) is 27.7 Å². The molecule has 6 heteroatoms. The number of hydrogen-bond acceptors (Lipinski definition) is 4. The number of fused-ring (bicyclic) bond motifs is 1. The second-order valence-electron chi connectivity index (χ2n) is 6.35. The van der Waals surface area contributed by atoms with E-state index < -0.39 is 17.7 Å². The minimum Gasteiger partial charge on any atom is -0.477 e. The van der Waals surface area contributed by atoms with Crippen molar-refractivity contribution < 1.29 is 19.4 Å². The number of ether oxygens (including phenoxy) is 1. The highest BCUT2D eigenvalue weighted by atomic mass is 32.1. The molecule has 1 amide bonds. The van der Waals surface area contributed by atoms with Crippen molar-refractivity contribution in [2.75, 3.05) is 0 Å². The van der Waals surface area contributed by atoms with E-state index in [0.29, 0.717) is 11.3 Å². The minimum absolute atomic E-state index is 0.00212. The van der Waals surface area contributed by atoms with Crippen molar-refractivity contribution in [1.29, 1.82) is 0 Å². The van der Waals surface area contributed by atoms with Gasteiger partial charge in [0.15, 0.2) is 0 Å². The van der Waals surface area contributed by atoms with Gasteiger partial charge in [-0.3, -0.25) is 0 Å². The predicted octanol–water partition coefficient (Wildman–Crippen LogP) is 3.14. The van der Waals surface area contributed by atoms with Crippen LogP contribution in [0, 0.1) is 6.92 Å². The van der Waals surface area contributed by atoms with Gasteiger partial charge in [0.25, 0.3) is 0 Å². The fraction of sp³-hybridized carbons (Fsp3) is 0.600. The summed E-state index contributed by atoms with van der Waals surface area (Å²) < 4.78 is 5.26. The van der Waals surface area contributed by atoms with Crippen molar-refractivity contribution in [1.82, 2.24) is 5.32 Å². The molecule has 0 saturated heterocycles. The highest BCUT2D eigenvalue weighted by molar-refractivity contribution is 7.14. The van der Waals surface area contributed by atoms with Crippen LogP contribution in [0.25, 0.3) is 0 Å². The van der Waals surface area contributed by atoms with Gasteiger partial charge in [0, 0.05) is 10.9 Å². The van der Waals surface area contributed by atoms with Crippen molar-refractivity contribution in [3.8, 4) is 0 Å². The molecular formula is C15H21NO4S. The Hall–Kier alpha value is -1.56. The summed E-state index contributed by atoms with van der Waals surface area (Å²) in [5, 5.41) is 12.1. The van der Waals surface area contributed by atoms with Gasteiger partial charge >= 0.3 is 12.1 Å². The number of amides is 1. The fourth-order valence-corrected chi connectivity index (χ4v) is 3.72. The number of aryl methyl sites for hydroxylation is 1. The van der Waals surface area contributed by atoms with Crippen LogP contribution in [0.3, 0.4) is 0 Å². The van der Waals surface area contributed by atoms with Gasteiger partial charge < -0.3 is 15.2 Å². The number of carboxylic acid groups (broad SMARTS) is 1. The SMILES string of the molecule is Cc1c(C(=O)O)sc2c1CC(NC(=O)OC(C)(C)C)CC2. The Labute approximate surface area is 128 Å². The molecule has 1 unspecified atom stereocenters. The molecule has 0 aromatic carbocycles. The topological polar surface area (TPSA) is 75.6 Å². The monoisotopic (exact) mass is 311 g/mol. The van der Waals surface area contributed by atoms with Crippen molar-refractivity contribution in [3.05, 3.63) is 20.9 Å². The van der Waals surface area contributed by atoms with Gasteiger partial charge in [-0.25, -0.2) is 9.59 Å². The Kier molecular flexibility index (Phi) is 4.27. The van der Waals surface area contributed by atoms with Gasteiger partial charge in [0.2, 0.25) is 0 Å². The number of hydrogen-bond donors (Lipinski definition) is 2. The van der Waals surface area contributed by atoms with Crippen LogP contribution in [0.1, 0.15) is 52.9 Å². The van der Waals surface area contributed by atoms with Crippen molar-refractivity contribution in [2.24, 2.45) is 0 Å². The zero-order valence-electron chi connectivity index (χ0n) is 12.8. The summed E-state index contributed by atoms with van der Waals surface area (Å²) in [5.74, 6) is -0.872. The molecule has 0 aliphatic heterocycles. The normalized spacial score (nSPS) is 18.0. The molecule has 0 spiro atoms. The Morgan fingerprint density at radius 2 is 2.05 bits per heavy atom. The van der Waals surface area contributed by atoms with Gasteiger partial charge in [0.05, 0.1) is 0 Å². The second-order valence-corrected chi connectivity index (χ2v) is 7.45. The molecule has 1 aromatic rings. The van der Waals surface area contributed by atoms with Crippen LogP contribution in [0.15, 0.2) is 0 Å². The van der Waals surface area contributed by atoms with E-state index in [1.165, 1.54) is 11.3 Å². The Morgan fingerprint density at radius 1 is 1.38 bits per heavy atom. The molecule has 0 saturated carbocycles. The van der Waals surface area contributed by atoms with E-state index in [1.54, 1.807) is 0 Å². The average Bonchev–Trinajstić information content (AvgIpc) is 2.64. The number of alkyl carbamates (subject to hydrolysis) is 1. The maximum absolute atomic E-state index is 11.8. The summed E-state index contributed by atoms with van der Waals surface area (Å²) in [6.45, 7) is 7.32. The number of nitrogens with one attached hydrogen (secondary N) is 1. The quantitative estimate of drug-likeness (QED) is 0.880. The van der Waals surface area contributed by atoms with Gasteiger partial charge in [0.1, 0.15) is 10.5 Å². The number of aromatic carboxylic acids is 1. The number of carbonyl (C=O) groups is 2. The van der Waals surface area contributed by atoms with Crippen LogP contribution in [0.4, 0.5) is 4.79 Å². The van der Waals surface area contributed by atoms with E-state index in [2.05, 4.69) is 5.32 Å². The van der Waals surface area contributed by atoms with Gasteiger partial charge in [-0.15, -0.1) is 11.3 Å². The molecule has 21 heavy (non-hydrogen) atoms. The van der Waals surface area contributed by atoms with E-state index in [9.17, 15) is 14.7 Å². The van der Waals surface area contributed by atoms with Crippen LogP contribution in [-0.4, -0.2) is 28.8 Å². The molecule has 5 nitrogen and oxygen atoms in total. The van der Waals surface area contributed by atoms with Gasteiger partial charge in [-0.05, 0) is 58.1 Å². The predicted molar refractivity (Wildman–Crippen MR) is 81.2 cm³/mol. The van der Waals surface area contributed by atoms with Crippen LogP contribution in [0.2, 0.25) is 0 Å². The van der Waals surface area contributed by atoms with Crippen molar-refractivity contribution in [2.45, 2.75) is 58.6 Å². The Balaban J connectivity index is 2.06. The summed E-state index contributed by atoms with van der Waals surface area (Å²) in [7, 11) is 0. The second kappa shape index (κ2) is 5.67. The Bertz CT molecular complexity index is 571. The lowest BCUT2D eigenvalue weighted by Gasteiger charge is -2.26. The lowest BCUT2D eigenvalue weighted by atomic mass is 9.91. The maximum atomic E-state index is 11.8. The lowest BCUT2D eigenvalue weighted by molar-refractivity contribution is 0.0499. The summed E-state index contributed by atoms with van der Waals surface area (Å²) >= 11 is 1.36. The smallest absolute Gasteiger partial charge is 0.407 e. The molecular weight excluding hydrogens is 290 g/mol. The zero-order valence-corrected chi connectivity index (χ0v) is 13.6. The molecule has 0 bridgehead atoms. The maximum Gasteiger partial charge on any atom is 0.407 e. The molecule has 1 aromatic heterocycles. The number of rotatable bonds is 2. The van der Waals surface area contributed by atoms with Crippen LogP contribution < -0.4 is 5.32 Å². The first-order valence-electron chi connectivity index (χ1n) is 7.01. The van der Waals surface area contributed by atoms with Gasteiger partial charge in [-0.2, -0.15) is 0 Å². The fourth-order valence-electron chi connectivity index (χ4n) is 2.53. The molecule has 2 N–H and O–H groups in total. The van der Waals surface area contributed by atoms with Crippen LogP contribution in [0.5, 0.6) is 0 Å². The Morgan fingerprint density at radius 3 is 2.62 bits per heavy atom. The lowest BCUT2D eigenvalue weighted by Crippen LogP contribution is -2.41. The molecule has 1 aliphatic rings. The first-order valence-corrected chi connectivity index (χ1v) is 7.83. The molecule has 116 valence electrons. The summed E-state index contributed by atoms with van der Waals surface area (Å²) in [4.78, 5) is 24.5. The molecule has 1 aliphatic carbocycles. The highest BCUT2D eigenvalue weighted by Crippen LogP contribution is 2.34. The van der Waals surface area contributed by atoms with Crippen LogP contribution >= 0.6 is 11.3 Å². The molecule has 0 radical (unpaired) electrons. The van der Waals surface area contributed by atoms with Crippen LogP contribution in [-0.2, 0) is 17.6 Å². The third kappa shape index (κ3) is 3.75. The number of thiophene rings is 1. The number of carbonyl (C=O) groups excluding carboxylic acids is 1. The third-order valence-corrected chi connectivity index (χ3v) is 4.82. The van der Waals surface area contributed by atoms with E-state index in [0.717, 1.165) is 28.8 Å². The third-order valence-electron chi connectivity index (χ3n) is 3.44.